The molecule has 3 aliphatic heterocycles. The van der Waals surface area contributed by atoms with E-state index in [2.05, 4.69) is 16.0 Å². The van der Waals surface area contributed by atoms with E-state index in [0.29, 0.717) is 58.3 Å². The molecule has 1 saturated carbocycles. The number of carbonyl (C=O) groups excluding carboxylic acids is 9. The second kappa shape index (κ2) is 21.3. The summed E-state index contributed by atoms with van der Waals surface area (Å²) >= 11 is 0. The van der Waals surface area contributed by atoms with E-state index in [4.69, 9.17) is 25.7 Å². The van der Waals surface area contributed by atoms with Crippen molar-refractivity contribution in [2.45, 2.75) is 70.6 Å². The van der Waals surface area contributed by atoms with Gasteiger partial charge < -0.3 is 36.3 Å². The molecule has 2 aromatic rings. The van der Waals surface area contributed by atoms with E-state index in [0.717, 1.165) is 15.9 Å². The van der Waals surface area contributed by atoms with E-state index in [1.165, 1.54) is 12.1 Å². The van der Waals surface area contributed by atoms with Crippen molar-refractivity contribution in [2.24, 2.45) is 11.5 Å². The van der Waals surface area contributed by atoms with Crippen LogP contribution in [-0.4, -0.2) is 133 Å². The van der Waals surface area contributed by atoms with E-state index >= 15 is 0 Å². The predicted molar refractivity (Wildman–Crippen MR) is 210 cm³/mol. The Labute approximate surface area is 345 Å². The first kappa shape index (κ1) is 46.7. The summed E-state index contributed by atoms with van der Waals surface area (Å²) < 4.78 is 29.0. The van der Waals surface area contributed by atoms with Gasteiger partial charge in [-0.2, -0.15) is 0 Å². The summed E-state index contributed by atoms with van der Waals surface area (Å²) in [5, 5.41) is 7.73. The fourth-order valence-corrected chi connectivity index (χ4v) is 6.51. The average molecular weight is 840 g/mol. The maximum atomic E-state index is 13.7. The van der Waals surface area contributed by atoms with Gasteiger partial charge in [0.2, 0.25) is 11.8 Å². The van der Waals surface area contributed by atoms with Gasteiger partial charge in [0.25, 0.3) is 23.6 Å². The highest BCUT2D eigenvalue weighted by Gasteiger charge is 2.47. The van der Waals surface area contributed by atoms with E-state index in [9.17, 15) is 47.5 Å². The Hall–Kier alpha value is -5.96. The summed E-state index contributed by atoms with van der Waals surface area (Å²) in [6, 6.07) is 6.78. The monoisotopic (exact) mass is 839 g/mol. The van der Waals surface area contributed by atoms with Gasteiger partial charge in [-0.15, -0.1) is 0 Å². The van der Waals surface area contributed by atoms with Crippen LogP contribution < -0.4 is 27.4 Å². The van der Waals surface area contributed by atoms with Gasteiger partial charge in [0, 0.05) is 44.7 Å². The van der Waals surface area contributed by atoms with Crippen molar-refractivity contribution in [3.8, 4) is 0 Å². The number of alkyl carbamates (subject to hydrolysis) is 1. The lowest BCUT2D eigenvalue weighted by atomic mass is 9.92. The number of hydrogen-bond acceptors (Lipinski definition) is 15. The molecule has 0 spiro atoms. The molecule has 19 nitrogen and oxygen atoms in total. The van der Waals surface area contributed by atoms with Crippen molar-refractivity contribution < 1.29 is 61.8 Å². The van der Waals surface area contributed by atoms with Gasteiger partial charge in [-0.25, -0.2) is 9.18 Å². The number of rotatable bonds is 13. The molecule has 2 atom stereocenters. The SMILES string of the molecule is CC(C)(C)OC(=O)NCCOCCN.NCCOCCNc1cccc2c1C(=O)N(C1CCC(=O)CC1=O)C2=O.O=C1CCC(N2C(=O)c3cccc(F)c3C2=O)C(=O)N1. The van der Waals surface area contributed by atoms with Gasteiger partial charge in [-0.3, -0.25) is 53.5 Å². The number of ether oxygens (including phenoxy) is 3. The Morgan fingerprint density at radius 1 is 0.767 bits per heavy atom. The molecule has 6 rings (SSSR count). The molecule has 2 aromatic carbocycles. The molecular formula is C40H50FN7O12. The van der Waals surface area contributed by atoms with Crippen LogP contribution in [0.1, 0.15) is 94.3 Å². The lowest BCUT2D eigenvalue weighted by Crippen LogP contribution is -2.54. The second-order valence-electron chi connectivity index (χ2n) is 14.7. The molecule has 7 amide bonds. The lowest BCUT2D eigenvalue weighted by Gasteiger charge is -2.27. The zero-order valence-electron chi connectivity index (χ0n) is 33.6. The standard InChI is InChI=1S/C18H21N3O5.C13H9FN2O4.C9H20N2O3/c19-6-8-26-9-7-20-13-3-1-2-12-16(13)18(25)21(17(12)24)14-5-4-11(22)10-15(14)23;14-7-3-1-2-6-10(7)13(20)16(12(6)19)8-4-5-9(17)15-11(8)18;1-9(2,3)14-8(12)11-5-7-13-6-4-10/h1-3,14,20H,4-10,19H2;1-3,8H,4-5H2,(H,15,17,18);4-7,10H2,1-3H3,(H,11,12). The van der Waals surface area contributed by atoms with Crippen LogP contribution in [0.5, 0.6) is 0 Å². The number of ketones is 2. The first-order valence-corrected chi connectivity index (χ1v) is 19.3. The van der Waals surface area contributed by atoms with E-state index < -0.39 is 65.0 Å². The maximum absolute atomic E-state index is 13.7. The minimum atomic E-state index is -1.07. The van der Waals surface area contributed by atoms with Gasteiger partial charge in [0.05, 0.1) is 61.1 Å². The number of amides is 7. The molecule has 1 aliphatic carbocycles. The number of carbonyl (C=O) groups is 9. The molecule has 60 heavy (non-hydrogen) atoms. The van der Waals surface area contributed by atoms with E-state index in [-0.39, 0.29) is 65.9 Å². The number of anilines is 1. The number of hydrogen-bond donors (Lipinski definition) is 5. The van der Waals surface area contributed by atoms with Crippen molar-refractivity contribution in [1.29, 1.82) is 0 Å². The van der Waals surface area contributed by atoms with Crippen LogP contribution in [0.2, 0.25) is 0 Å². The van der Waals surface area contributed by atoms with Crippen LogP contribution in [0.15, 0.2) is 36.4 Å². The van der Waals surface area contributed by atoms with Crippen LogP contribution in [-0.2, 0) is 33.4 Å². The van der Waals surface area contributed by atoms with Crippen LogP contribution in [0.4, 0.5) is 14.9 Å². The molecule has 7 N–H and O–H groups in total. The Kier molecular flexibility index (Phi) is 16.6. The van der Waals surface area contributed by atoms with Crippen molar-refractivity contribution >= 4 is 58.8 Å². The number of Topliss-reactive ketones (excluding diaryl/α,β-unsaturated/α-hetero) is 2. The van der Waals surface area contributed by atoms with Gasteiger partial charge in [0.1, 0.15) is 23.2 Å². The van der Waals surface area contributed by atoms with Crippen molar-refractivity contribution in [1.82, 2.24) is 20.4 Å². The molecule has 3 heterocycles. The minimum absolute atomic E-state index is 0.0340. The van der Waals surface area contributed by atoms with Gasteiger partial charge >= 0.3 is 6.09 Å². The number of nitrogens with two attached hydrogens (primary N) is 2. The Morgan fingerprint density at radius 3 is 1.92 bits per heavy atom. The van der Waals surface area contributed by atoms with E-state index in [1.54, 1.807) is 18.2 Å². The number of halogens is 1. The summed E-state index contributed by atoms with van der Waals surface area (Å²) in [6.07, 6.45) is -0.161. The van der Waals surface area contributed by atoms with Crippen molar-refractivity contribution in [2.75, 3.05) is 57.9 Å². The molecule has 324 valence electrons. The third-order valence-corrected chi connectivity index (χ3v) is 9.12. The summed E-state index contributed by atoms with van der Waals surface area (Å²) in [5.74, 6) is -5.01. The molecule has 1 saturated heterocycles. The van der Waals surface area contributed by atoms with Crippen LogP contribution >= 0.6 is 0 Å². The fourth-order valence-electron chi connectivity index (χ4n) is 6.51. The van der Waals surface area contributed by atoms with Gasteiger partial charge in [0.15, 0.2) is 5.78 Å². The Balaban J connectivity index is 0.000000209. The maximum Gasteiger partial charge on any atom is 0.407 e. The van der Waals surface area contributed by atoms with Crippen LogP contribution in [0.25, 0.3) is 0 Å². The van der Waals surface area contributed by atoms with Crippen molar-refractivity contribution in [3.63, 3.8) is 0 Å². The highest BCUT2D eigenvalue weighted by atomic mass is 19.1. The number of nitrogens with one attached hydrogen (secondary N) is 3. The topological polar surface area (TPSA) is 276 Å². The average Bonchev–Trinajstić information content (AvgIpc) is 3.59. The second-order valence-corrected chi connectivity index (χ2v) is 14.7. The zero-order chi connectivity index (χ0) is 44.1. The summed E-state index contributed by atoms with van der Waals surface area (Å²) in [7, 11) is 0. The van der Waals surface area contributed by atoms with Gasteiger partial charge in [-0.1, -0.05) is 12.1 Å². The highest BCUT2D eigenvalue weighted by Crippen LogP contribution is 2.33. The molecule has 2 unspecified atom stereocenters. The first-order chi connectivity index (χ1) is 28.5. The molecule has 0 bridgehead atoms. The van der Waals surface area contributed by atoms with Gasteiger partial charge in [-0.05, 0) is 57.9 Å². The third-order valence-electron chi connectivity index (χ3n) is 9.12. The first-order valence-electron chi connectivity index (χ1n) is 19.3. The fraction of sp³-hybridized carbons (Fsp3) is 0.475. The molecule has 2 fully saturated rings. The summed E-state index contributed by atoms with van der Waals surface area (Å²) in [4.78, 5) is 109. The van der Waals surface area contributed by atoms with Crippen molar-refractivity contribution in [3.05, 3.63) is 64.5 Å². The number of fused-ring (bicyclic) bond motifs is 2. The minimum Gasteiger partial charge on any atom is -0.444 e. The van der Waals surface area contributed by atoms with E-state index in [1.807, 2.05) is 20.8 Å². The number of piperidine rings is 1. The largest absolute Gasteiger partial charge is 0.444 e. The zero-order valence-corrected chi connectivity index (χ0v) is 33.6. The third kappa shape index (κ3) is 11.8. The predicted octanol–water partition coefficient (Wildman–Crippen LogP) is 1.07. The number of benzene rings is 2. The smallest absolute Gasteiger partial charge is 0.407 e. The normalized spacial score (nSPS) is 18.6. The number of nitrogens with zero attached hydrogens (tertiary/aromatic N) is 2. The lowest BCUT2D eigenvalue weighted by molar-refractivity contribution is -0.136. The molecule has 4 aliphatic rings. The molecular weight excluding hydrogens is 789 g/mol. The summed E-state index contributed by atoms with van der Waals surface area (Å²) in [6.45, 7) is 9.09. The summed E-state index contributed by atoms with van der Waals surface area (Å²) in [5.41, 5.74) is 10.8. The Morgan fingerprint density at radius 2 is 1.33 bits per heavy atom. The molecule has 0 radical (unpaired) electrons. The molecule has 0 aromatic heterocycles. The van der Waals surface area contributed by atoms with Crippen LogP contribution in [0, 0.1) is 5.82 Å². The Bertz CT molecular complexity index is 2000. The molecule has 20 heteroatoms. The quantitative estimate of drug-likeness (QED) is 0.107. The number of imide groups is 3. The van der Waals surface area contributed by atoms with Crippen LogP contribution in [0.3, 0.4) is 0 Å². The highest BCUT2D eigenvalue weighted by molar-refractivity contribution is 6.26.